The SMILES string of the molecule is N=CO[SH](=O)=O.[LiH]. The third kappa shape index (κ3) is 10.7. The van der Waals surface area contributed by atoms with E-state index in [2.05, 4.69) is 4.18 Å². The minimum absolute atomic E-state index is 0. The first-order valence-corrected chi connectivity index (χ1v) is 2.17. The van der Waals surface area contributed by atoms with E-state index < -0.39 is 11.0 Å². The predicted molar refractivity (Wildman–Crippen MR) is 27.3 cm³/mol. The van der Waals surface area contributed by atoms with Gasteiger partial charge < -0.3 is 4.18 Å². The summed E-state index contributed by atoms with van der Waals surface area (Å²) in [5.74, 6) is 0. The molecule has 0 aromatic heterocycles. The summed E-state index contributed by atoms with van der Waals surface area (Å²) in [4.78, 5) is 0. The molecular weight excluding hydrogens is 113 g/mol. The van der Waals surface area contributed by atoms with Crippen molar-refractivity contribution in [2.24, 2.45) is 0 Å². The quantitative estimate of drug-likeness (QED) is 0.200. The van der Waals surface area contributed by atoms with Crippen LogP contribution in [0.2, 0.25) is 0 Å². The zero-order chi connectivity index (χ0) is 4.99. The van der Waals surface area contributed by atoms with Crippen molar-refractivity contribution in [3.05, 3.63) is 0 Å². The van der Waals surface area contributed by atoms with E-state index in [1.807, 2.05) is 0 Å². The Hall–Kier alpha value is 0.0174. The first-order valence-electron chi connectivity index (χ1n) is 1.07. The maximum atomic E-state index is 9.26. The molecule has 0 aromatic rings. The molecule has 0 radical (unpaired) electrons. The summed E-state index contributed by atoms with van der Waals surface area (Å²) in [5, 5.41) is 6.00. The van der Waals surface area contributed by atoms with Crippen molar-refractivity contribution in [2.75, 3.05) is 0 Å². The van der Waals surface area contributed by atoms with Crippen LogP contribution >= 0.6 is 0 Å². The fraction of sp³-hybridized carbons (Fsp3) is 0. The number of thiol groups is 1. The van der Waals surface area contributed by atoms with E-state index in [4.69, 9.17) is 5.41 Å². The Kier molecular flexibility index (Phi) is 8.68. The molecular formula is CH4LiNO3S. The van der Waals surface area contributed by atoms with Crippen LogP contribution in [0, 0.1) is 5.41 Å². The summed E-state index contributed by atoms with van der Waals surface area (Å²) in [6, 6.07) is 0. The molecule has 1 N–H and O–H groups in total. The zero-order valence-electron chi connectivity index (χ0n) is 2.75. The Labute approximate surface area is 54.7 Å². The fourth-order valence-electron chi connectivity index (χ4n) is 0.0430. The number of hydrogen-bond acceptors (Lipinski definition) is 4. The zero-order valence-corrected chi connectivity index (χ0v) is 3.64. The first-order chi connectivity index (χ1) is 2.77. The van der Waals surface area contributed by atoms with Crippen LogP contribution in [0.25, 0.3) is 0 Å². The second-order valence-electron chi connectivity index (χ2n) is 0.447. The van der Waals surface area contributed by atoms with E-state index in [1.165, 1.54) is 0 Å². The molecule has 0 bridgehead atoms. The summed E-state index contributed by atoms with van der Waals surface area (Å²) >= 11 is 0. The molecule has 0 rings (SSSR count). The Morgan fingerprint density at radius 3 is 2.00 bits per heavy atom. The van der Waals surface area contributed by atoms with Crippen molar-refractivity contribution < 1.29 is 12.6 Å². The number of nitrogens with one attached hydrogen (secondary N) is 1. The molecule has 0 aliphatic heterocycles. The van der Waals surface area contributed by atoms with E-state index in [0.717, 1.165) is 0 Å². The van der Waals surface area contributed by atoms with Gasteiger partial charge in [-0.3, -0.25) is 5.41 Å². The van der Waals surface area contributed by atoms with Gasteiger partial charge in [0.05, 0.1) is 0 Å². The van der Waals surface area contributed by atoms with E-state index in [1.54, 1.807) is 0 Å². The molecule has 4 nitrogen and oxygen atoms in total. The third-order valence-electron chi connectivity index (χ3n) is 0.139. The van der Waals surface area contributed by atoms with Crippen molar-refractivity contribution in [2.45, 2.75) is 0 Å². The predicted octanol–water partition coefficient (Wildman–Crippen LogP) is -1.51. The van der Waals surface area contributed by atoms with Gasteiger partial charge in [-0.2, -0.15) is 8.42 Å². The summed E-state index contributed by atoms with van der Waals surface area (Å²) < 4.78 is 22.1. The van der Waals surface area contributed by atoms with Crippen LogP contribution in [0.4, 0.5) is 0 Å². The fourth-order valence-corrected chi connectivity index (χ4v) is 0.129. The molecule has 0 aromatic carbocycles. The minimum atomic E-state index is -2.84. The van der Waals surface area contributed by atoms with Gasteiger partial charge in [-0.25, -0.2) is 0 Å². The van der Waals surface area contributed by atoms with Crippen LogP contribution in [0.5, 0.6) is 0 Å². The van der Waals surface area contributed by atoms with Gasteiger partial charge in [-0.05, 0) is 0 Å². The van der Waals surface area contributed by atoms with Crippen molar-refractivity contribution in [1.82, 2.24) is 0 Å². The molecule has 0 atom stereocenters. The van der Waals surface area contributed by atoms with Crippen LogP contribution in [-0.4, -0.2) is 33.7 Å². The standard InChI is InChI=1S/CH3NO3S.Li.H/c2-1-5-6(3)4;;/h1-2,6H;;. The van der Waals surface area contributed by atoms with Crippen LogP contribution in [0.3, 0.4) is 0 Å². The van der Waals surface area contributed by atoms with Crippen molar-refractivity contribution in [3.63, 3.8) is 0 Å². The topological polar surface area (TPSA) is 67.2 Å². The molecule has 7 heavy (non-hydrogen) atoms. The first kappa shape index (κ1) is 10.1. The molecule has 0 heterocycles. The molecule has 0 saturated heterocycles. The molecule has 0 fully saturated rings. The molecule has 0 aliphatic carbocycles. The van der Waals surface area contributed by atoms with E-state index in [9.17, 15) is 8.42 Å². The Morgan fingerprint density at radius 2 is 2.00 bits per heavy atom. The van der Waals surface area contributed by atoms with Gasteiger partial charge in [0.1, 0.15) is 0 Å². The Bertz CT molecular complexity index is 102. The molecule has 0 amide bonds. The second kappa shape index (κ2) is 6.02. The van der Waals surface area contributed by atoms with Gasteiger partial charge in [-0.15, -0.1) is 0 Å². The molecule has 0 saturated carbocycles. The molecule has 38 valence electrons. The van der Waals surface area contributed by atoms with Crippen LogP contribution < -0.4 is 0 Å². The third-order valence-corrected chi connectivity index (χ3v) is 0.416. The van der Waals surface area contributed by atoms with Gasteiger partial charge in [0.2, 0.25) is 0 Å². The average molecular weight is 117 g/mol. The van der Waals surface area contributed by atoms with Crippen LogP contribution in [0.1, 0.15) is 0 Å². The summed E-state index contributed by atoms with van der Waals surface area (Å²) in [6.45, 7) is 0. The van der Waals surface area contributed by atoms with E-state index in [-0.39, 0.29) is 18.9 Å². The number of hydrogen-bond donors (Lipinski definition) is 2. The monoisotopic (exact) mass is 117 g/mol. The maximum absolute atomic E-state index is 9.26. The average Bonchev–Trinajstić information content (AvgIpc) is 1.35. The van der Waals surface area contributed by atoms with Crippen LogP contribution in [-0.2, 0) is 15.2 Å². The van der Waals surface area contributed by atoms with Gasteiger partial charge >= 0.3 is 18.9 Å². The normalized spacial score (nSPS) is 7.00. The van der Waals surface area contributed by atoms with Gasteiger partial charge in [0, 0.05) is 0 Å². The van der Waals surface area contributed by atoms with E-state index >= 15 is 0 Å². The summed E-state index contributed by atoms with van der Waals surface area (Å²) in [7, 11) is -2.84. The van der Waals surface area contributed by atoms with Crippen molar-refractivity contribution >= 4 is 36.2 Å². The number of rotatable bonds is 2. The van der Waals surface area contributed by atoms with Gasteiger partial charge in [0.25, 0.3) is 11.0 Å². The van der Waals surface area contributed by atoms with E-state index in [0.29, 0.717) is 6.40 Å². The Balaban J connectivity index is 0. The van der Waals surface area contributed by atoms with Crippen molar-refractivity contribution in [1.29, 1.82) is 5.41 Å². The van der Waals surface area contributed by atoms with Crippen LogP contribution in [0.15, 0.2) is 0 Å². The molecule has 0 unspecified atom stereocenters. The van der Waals surface area contributed by atoms with Crippen molar-refractivity contribution in [3.8, 4) is 0 Å². The van der Waals surface area contributed by atoms with Gasteiger partial charge in [0.15, 0.2) is 6.40 Å². The molecule has 0 aliphatic rings. The molecule has 0 spiro atoms. The van der Waals surface area contributed by atoms with Gasteiger partial charge in [-0.1, -0.05) is 0 Å². The Morgan fingerprint density at radius 1 is 1.57 bits per heavy atom. The summed E-state index contributed by atoms with van der Waals surface area (Å²) in [5.41, 5.74) is 0. The molecule has 6 heteroatoms. The second-order valence-corrected chi connectivity index (χ2v) is 1.10. The summed E-state index contributed by atoms with van der Waals surface area (Å²) in [6.07, 6.45) is 0.353.